The zero-order valence-corrected chi connectivity index (χ0v) is 13.7. The minimum atomic E-state index is 0.378. The number of hydrogen-bond donors (Lipinski definition) is 1. The number of halogens is 2. The summed E-state index contributed by atoms with van der Waals surface area (Å²) in [7, 11) is 1.97. The van der Waals surface area contributed by atoms with E-state index in [4.69, 9.17) is 11.6 Å². The van der Waals surface area contributed by atoms with Gasteiger partial charge in [0.25, 0.3) is 0 Å². The standard InChI is InChI=1S/C14H15BrClNS/c1-8-6-11(15)10(7-12(8)16)14-5-4-13(18-14)9(2)17-3/h4-7,9,17H,1-3H3. The third kappa shape index (κ3) is 2.80. The predicted molar refractivity (Wildman–Crippen MR) is 84.7 cm³/mol. The summed E-state index contributed by atoms with van der Waals surface area (Å²) >= 11 is 11.6. The molecular formula is C14H15BrClNS. The third-order valence-electron chi connectivity index (χ3n) is 3.00. The summed E-state index contributed by atoms with van der Waals surface area (Å²) in [6.45, 7) is 4.17. The highest BCUT2D eigenvalue weighted by Crippen LogP contribution is 2.38. The maximum absolute atomic E-state index is 6.20. The van der Waals surface area contributed by atoms with Gasteiger partial charge in [0.2, 0.25) is 0 Å². The molecule has 1 atom stereocenters. The molecule has 0 saturated carbocycles. The largest absolute Gasteiger partial charge is 0.313 e. The van der Waals surface area contributed by atoms with Gasteiger partial charge in [0.15, 0.2) is 0 Å². The van der Waals surface area contributed by atoms with Crippen LogP contribution in [-0.2, 0) is 0 Å². The molecule has 4 heteroatoms. The van der Waals surface area contributed by atoms with Crippen LogP contribution in [0, 0.1) is 6.92 Å². The van der Waals surface area contributed by atoms with Crippen LogP contribution in [0.3, 0.4) is 0 Å². The molecule has 0 aliphatic rings. The highest BCUT2D eigenvalue weighted by molar-refractivity contribution is 9.10. The van der Waals surface area contributed by atoms with Crippen molar-refractivity contribution in [3.8, 4) is 10.4 Å². The Morgan fingerprint density at radius 2 is 2.06 bits per heavy atom. The first kappa shape index (κ1) is 14.1. The van der Waals surface area contributed by atoms with E-state index in [0.29, 0.717) is 6.04 Å². The highest BCUT2D eigenvalue weighted by Gasteiger charge is 2.11. The molecule has 1 nitrogen and oxygen atoms in total. The van der Waals surface area contributed by atoms with Crippen molar-refractivity contribution in [1.82, 2.24) is 5.32 Å². The number of benzene rings is 1. The van der Waals surface area contributed by atoms with Crippen molar-refractivity contribution in [2.24, 2.45) is 0 Å². The lowest BCUT2D eigenvalue weighted by molar-refractivity contribution is 0.664. The van der Waals surface area contributed by atoms with Gasteiger partial charge in [-0.05, 0) is 50.7 Å². The SMILES string of the molecule is CNC(C)c1ccc(-c2cc(Cl)c(C)cc2Br)s1. The van der Waals surface area contributed by atoms with Gasteiger partial charge < -0.3 is 5.32 Å². The summed E-state index contributed by atoms with van der Waals surface area (Å²) < 4.78 is 1.09. The van der Waals surface area contributed by atoms with Crippen LogP contribution in [0.4, 0.5) is 0 Å². The molecule has 1 unspecified atom stereocenters. The van der Waals surface area contributed by atoms with Gasteiger partial charge in [-0.2, -0.15) is 0 Å². The van der Waals surface area contributed by atoms with Gasteiger partial charge in [-0.1, -0.05) is 27.5 Å². The Bertz CT molecular complexity index is 565. The van der Waals surface area contributed by atoms with Crippen molar-refractivity contribution in [2.45, 2.75) is 19.9 Å². The summed E-state index contributed by atoms with van der Waals surface area (Å²) in [4.78, 5) is 2.57. The zero-order chi connectivity index (χ0) is 13.3. The molecule has 0 fully saturated rings. The van der Waals surface area contributed by atoms with E-state index in [1.807, 2.05) is 20.0 Å². The van der Waals surface area contributed by atoms with Crippen LogP contribution in [0.2, 0.25) is 5.02 Å². The topological polar surface area (TPSA) is 12.0 Å². The van der Waals surface area contributed by atoms with Gasteiger partial charge in [0.1, 0.15) is 0 Å². The van der Waals surface area contributed by atoms with Crippen molar-refractivity contribution < 1.29 is 0 Å². The number of nitrogens with one attached hydrogen (secondary N) is 1. The molecule has 0 saturated heterocycles. The van der Waals surface area contributed by atoms with E-state index in [1.165, 1.54) is 9.75 Å². The Labute approximate surface area is 125 Å². The molecule has 1 heterocycles. The normalized spacial score (nSPS) is 12.7. The minimum Gasteiger partial charge on any atom is -0.313 e. The molecule has 0 bridgehead atoms. The monoisotopic (exact) mass is 343 g/mol. The molecule has 0 radical (unpaired) electrons. The molecule has 2 rings (SSSR count). The quantitative estimate of drug-likeness (QED) is 0.784. The van der Waals surface area contributed by atoms with Crippen LogP contribution in [0.15, 0.2) is 28.7 Å². The summed E-state index contributed by atoms with van der Waals surface area (Å²) in [5.74, 6) is 0. The number of rotatable bonds is 3. The maximum Gasteiger partial charge on any atom is 0.0442 e. The number of thiophene rings is 1. The summed E-state index contributed by atoms with van der Waals surface area (Å²) in [6, 6.07) is 8.80. The molecule has 1 N–H and O–H groups in total. The van der Waals surface area contributed by atoms with Gasteiger partial charge in [-0.15, -0.1) is 11.3 Å². The van der Waals surface area contributed by atoms with Crippen molar-refractivity contribution in [3.05, 3.63) is 44.2 Å². The summed E-state index contributed by atoms with van der Waals surface area (Å²) in [5.41, 5.74) is 2.25. The Hall–Kier alpha value is -0.350. The van der Waals surface area contributed by atoms with Crippen LogP contribution in [-0.4, -0.2) is 7.05 Å². The van der Waals surface area contributed by atoms with Gasteiger partial charge >= 0.3 is 0 Å². The molecule has 1 aromatic carbocycles. The van der Waals surface area contributed by atoms with Gasteiger partial charge in [-0.25, -0.2) is 0 Å². The van der Waals surface area contributed by atoms with Crippen molar-refractivity contribution in [2.75, 3.05) is 7.05 Å². The Kier molecular flexibility index (Phi) is 4.49. The van der Waals surface area contributed by atoms with E-state index in [1.54, 1.807) is 11.3 Å². The lowest BCUT2D eigenvalue weighted by atomic mass is 10.1. The van der Waals surface area contributed by atoms with Gasteiger partial charge in [0, 0.05) is 30.9 Å². The second-order valence-corrected chi connectivity index (χ2v) is 6.67. The summed E-state index contributed by atoms with van der Waals surface area (Å²) in [5, 5.41) is 4.06. The molecule has 18 heavy (non-hydrogen) atoms. The van der Waals surface area contributed by atoms with Crippen LogP contribution < -0.4 is 5.32 Å². The second kappa shape index (κ2) is 5.74. The first-order valence-corrected chi connectivity index (χ1v) is 7.74. The molecule has 1 aromatic heterocycles. The molecule has 0 aliphatic carbocycles. The smallest absolute Gasteiger partial charge is 0.0442 e. The molecule has 2 aromatic rings. The fourth-order valence-electron chi connectivity index (χ4n) is 1.71. The van der Waals surface area contributed by atoms with Crippen LogP contribution in [0.5, 0.6) is 0 Å². The van der Waals surface area contributed by atoms with E-state index in [2.05, 4.69) is 46.4 Å². The lowest BCUT2D eigenvalue weighted by Gasteiger charge is -2.07. The summed E-state index contributed by atoms with van der Waals surface area (Å²) in [6.07, 6.45) is 0. The average Bonchev–Trinajstić information content (AvgIpc) is 2.82. The van der Waals surface area contributed by atoms with Gasteiger partial charge in [0.05, 0.1) is 0 Å². The van der Waals surface area contributed by atoms with E-state index >= 15 is 0 Å². The van der Waals surface area contributed by atoms with E-state index in [9.17, 15) is 0 Å². The van der Waals surface area contributed by atoms with Crippen LogP contribution in [0.1, 0.15) is 23.4 Å². The average molecular weight is 345 g/mol. The Morgan fingerprint density at radius 1 is 1.33 bits per heavy atom. The van der Waals surface area contributed by atoms with Crippen LogP contribution in [0.25, 0.3) is 10.4 Å². The molecule has 0 spiro atoms. The van der Waals surface area contributed by atoms with Crippen molar-refractivity contribution >= 4 is 38.9 Å². The van der Waals surface area contributed by atoms with E-state index < -0.39 is 0 Å². The number of aryl methyl sites for hydroxylation is 1. The molecule has 0 aliphatic heterocycles. The van der Waals surface area contributed by atoms with Crippen molar-refractivity contribution in [3.63, 3.8) is 0 Å². The van der Waals surface area contributed by atoms with E-state index in [0.717, 1.165) is 20.6 Å². The molecule has 96 valence electrons. The Balaban J connectivity index is 2.43. The second-order valence-electron chi connectivity index (χ2n) is 4.29. The first-order chi connectivity index (χ1) is 8.52. The number of hydrogen-bond acceptors (Lipinski definition) is 2. The zero-order valence-electron chi connectivity index (χ0n) is 10.6. The maximum atomic E-state index is 6.20. The molecule has 0 amide bonds. The minimum absolute atomic E-state index is 0.378. The Morgan fingerprint density at radius 3 is 2.72 bits per heavy atom. The first-order valence-electron chi connectivity index (χ1n) is 5.76. The predicted octanol–water partition coefficient (Wildman–Crippen LogP) is 5.42. The lowest BCUT2D eigenvalue weighted by Crippen LogP contribution is -2.10. The highest BCUT2D eigenvalue weighted by atomic mass is 79.9. The van der Waals surface area contributed by atoms with E-state index in [-0.39, 0.29) is 0 Å². The third-order valence-corrected chi connectivity index (χ3v) is 5.36. The fraction of sp³-hybridized carbons (Fsp3) is 0.286. The van der Waals surface area contributed by atoms with Crippen molar-refractivity contribution in [1.29, 1.82) is 0 Å². The van der Waals surface area contributed by atoms with Crippen LogP contribution >= 0.6 is 38.9 Å². The fourth-order valence-corrected chi connectivity index (χ4v) is 3.77. The molecular weight excluding hydrogens is 330 g/mol. The van der Waals surface area contributed by atoms with Gasteiger partial charge in [-0.3, -0.25) is 0 Å².